The summed E-state index contributed by atoms with van der Waals surface area (Å²) in [6, 6.07) is 8.27. The first-order valence-electron chi connectivity index (χ1n) is 7.44. The largest absolute Gasteiger partial charge is 0.352 e. The number of aryl methyl sites for hydroxylation is 1. The molecule has 0 spiro atoms. The second-order valence-corrected chi connectivity index (χ2v) is 5.74. The maximum absolute atomic E-state index is 11.9. The zero-order chi connectivity index (χ0) is 15.9. The van der Waals surface area contributed by atoms with Crippen molar-refractivity contribution in [3.05, 3.63) is 53.3 Å². The topological polar surface area (TPSA) is 66.9 Å². The summed E-state index contributed by atoms with van der Waals surface area (Å²) < 4.78 is 0. The van der Waals surface area contributed by atoms with Gasteiger partial charge in [-0.15, -0.1) is 0 Å². The smallest absolute Gasteiger partial charge is 0.254 e. The van der Waals surface area contributed by atoms with Crippen LogP contribution in [0.25, 0.3) is 0 Å². The second-order valence-electron chi connectivity index (χ2n) is 5.74. The minimum Gasteiger partial charge on any atom is -0.352 e. The van der Waals surface area contributed by atoms with E-state index in [9.17, 15) is 4.79 Å². The van der Waals surface area contributed by atoms with E-state index in [4.69, 9.17) is 0 Å². The van der Waals surface area contributed by atoms with Gasteiger partial charge in [0, 0.05) is 25.5 Å². The molecule has 1 amide bonds. The summed E-state index contributed by atoms with van der Waals surface area (Å²) >= 11 is 0. The Hall–Kier alpha value is -2.43. The van der Waals surface area contributed by atoms with Crippen molar-refractivity contribution in [2.75, 3.05) is 11.9 Å². The Bertz CT molecular complexity index is 606. The van der Waals surface area contributed by atoms with E-state index < -0.39 is 0 Å². The number of hydrogen-bond donors (Lipinski definition) is 2. The highest BCUT2D eigenvalue weighted by Crippen LogP contribution is 2.06. The molecule has 0 bridgehead atoms. The highest BCUT2D eigenvalue weighted by molar-refractivity contribution is 5.93. The van der Waals surface area contributed by atoms with Crippen LogP contribution in [-0.4, -0.2) is 22.4 Å². The predicted octanol–water partition coefficient (Wildman–Crippen LogP) is 2.78. The Kier molecular flexibility index (Phi) is 5.47. The van der Waals surface area contributed by atoms with Crippen LogP contribution in [0.15, 0.2) is 36.7 Å². The minimum atomic E-state index is -0.140. The van der Waals surface area contributed by atoms with Crippen LogP contribution in [0, 0.1) is 12.8 Å². The fraction of sp³-hybridized carbons (Fsp3) is 0.353. The molecule has 0 unspecified atom stereocenters. The number of amides is 1. The van der Waals surface area contributed by atoms with Gasteiger partial charge >= 0.3 is 0 Å². The van der Waals surface area contributed by atoms with Crippen LogP contribution in [0.4, 0.5) is 5.95 Å². The molecule has 0 aliphatic heterocycles. The van der Waals surface area contributed by atoms with E-state index in [-0.39, 0.29) is 5.91 Å². The number of carbonyl (C=O) groups excluding carboxylic acids is 1. The predicted molar refractivity (Wildman–Crippen MR) is 87.7 cm³/mol. The number of rotatable bonds is 6. The van der Waals surface area contributed by atoms with Crippen molar-refractivity contribution >= 4 is 11.9 Å². The molecule has 2 N–H and O–H groups in total. The summed E-state index contributed by atoms with van der Waals surface area (Å²) in [5, 5.41) is 5.98. The van der Waals surface area contributed by atoms with Gasteiger partial charge in [-0.25, -0.2) is 9.97 Å². The molecule has 2 aromatic rings. The lowest BCUT2D eigenvalue weighted by Gasteiger charge is -2.08. The molecule has 0 radical (unpaired) electrons. The second kappa shape index (κ2) is 7.54. The van der Waals surface area contributed by atoms with Crippen LogP contribution >= 0.6 is 0 Å². The van der Waals surface area contributed by atoms with Crippen molar-refractivity contribution in [1.29, 1.82) is 0 Å². The van der Waals surface area contributed by atoms with Gasteiger partial charge in [-0.1, -0.05) is 43.7 Å². The van der Waals surface area contributed by atoms with Gasteiger partial charge in [-0.2, -0.15) is 0 Å². The molecule has 1 aromatic carbocycles. The molecule has 0 aliphatic rings. The van der Waals surface area contributed by atoms with Crippen LogP contribution in [0.5, 0.6) is 0 Å². The van der Waals surface area contributed by atoms with Crippen LogP contribution < -0.4 is 10.6 Å². The third-order valence-corrected chi connectivity index (χ3v) is 3.16. The molecule has 5 nitrogen and oxygen atoms in total. The molecular formula is C17H22N4O. The lowest BCUT2D eigenvalue weighted by Crippen LogP contribution is -2.27. The van der Waals surface area contributed by atoms with E-state index in [1.165, 1.54) is 5.56 Å². The lowest BCUT2D eigenvalue weighted by atomic mass is 10.1. The van der Waals surface area contributed by atoms with Crippen molar-refractivity contribution in [1.82, 2.24) is 15.3 Å². The molecule has 1 heterocycles. The van der Waals surface area contributed by atoms with Crippen molar-refractivity contribution in [3.63, 3.8) is 0 Å². The average Bonchev–Trinajstić information content (AvgIpc) is 2.52. The molecule has 2 rings (SSSR count). The van der Waals surface area contributed by atoms with Gasteiger partial charge in [0.25, 0.3) is 5.91 Å². The van der Waals surface area contributed by atoms with E-state index in [0.717, 1.165) is 5.56 Å². The third kappa shape index (κ3) is 4.84. The zero-order valence-corrected chi connectivity index (χ0v) is 13.3. The molecule has 0 saturated carbocycles. The highest BCUT2D eigenvalue weighted by atomic mass is 16.1. The first-order valence-corrected chi connectivity index (χ1v) is 7.44. The van der Waals surface area contributed by atoms with Crippen LogP contribution in [-0.2, 0) is 6.54 Å². The Morgan fingerprint density at radius 2 is 1.77 bits per heavy atom. The van der Waals surface area contributed by atoms with Crippen LogP contribution in [0.3, 0.4) is 0 Å². The summed E-state index contributed by atoms with van der Waals surface area (Å²) in [6.45, 7) is 7.46. The Balaban J connectivity index is 1.88. The fourth-order valence-electron chi connectivity index (χ4n) is 1.82. The van der Waals surface area contributed by atoms with Gasteiger partial charge in [0.2, 0.25) is 5.95 Å². The Labute approximate surface area is 131 Å². The summed E-state index contributed by atoms with van der Waals surface area (Å²) in [7, 11) is 0. The average molecular weight is 298 g/mol. The molecule has 116 valence electrons. The van der Waals surface area contributed by atoms with E-state index in [1.807, 2.05) is 0 Å². The summed E-state index contributed by atoms with van der Waals surface area (Å²) in [4.78, 5) is 20.2. The lowest BCUT2D eigenvalue weighted by molar-refractivity contribution is 0.0948. The molecule has 1 aromatic heterocycles. The normalized spacial score (nSPS) is 10.5. The van der Waals surface area contributed by atoms with Crippen molar-refractivity contribution < 1.29 is 4.79 Å². The quantitative estimate of drug-likeness (QED) is 0.860. The summed E-state index contributed by atoms with van der Waals surface area (Å²) in [6.07, 6.45) is 3.08. The van der Waals surface area contributed by atoms with Gasteiger partial charge in [-0.05, 0) is 18.4 Å². The van der Waals surface area contributed by atoms with Gasteiger partial charge in [-0.3, -0.25) is 4.79 Å². The molecule has 0 aliphatic carbocycles. The summed E-state index contributed by atoms with van der Waals surface area (Å²) in [5.41, 5.74) is 2.87. The van der Waals surface area contributed by atoms with Crippen LogP contribution in [0.2, 0.25) is 0 Å². The molecule has 22 heavy (non-hydrogen) atoms. The van der Waals surface area contributed by atoms with Crippen molar-refractivity contribution in [2.24, 2.45) is 5.92 Å². The Morgan fingerprint density at radius 1 is 1.14 bits per heavy atom. The molecule has 0 saturated heterocycles. The van der Waals surface area contributed by atoms with E-state index >= 15 is 0 Å². The van der Waals surface area contributed by atoms with Gasteiger partial charge in [0.05, 0.1) is 5.56 Å². The van der Waals surface area contributed by atoms with Gasteiger partial charge in [0.15, 0.2) is 0 Å². The number of hydrogen-bond acceptors (Lipinski definition) is 4. The number of nitrogens with one attached hydrogen (secondary N) is 2. The maximum atomic E-state index is 11.9. The van der Waals surface area contributed by atoms with Crippen molar-refractivity contribution in [3.8, 4) is 0 Å². The fourth-order valence-corrected chi connectivity index (χ4v) is 1.82. The van der Waals surface area contributed by atoms with E-state index in [0.29, 0.717) is 30.5 Å². The van der Waals surface area contributed by atoms with E-state index in [2.05, 4.69) is 65.6 Å². The first kappa shape index (κ1) is 15.9. The zero-order valence-electron chi connectivity index (χ0n) is 13.3. The van der Waals surface area contributed by atoms with E-state index in [1.54, 1.807) is 12.4 Å². The number of carbonyl (C=O) groups is 1. The molecule has 0 fully saturated rings. The molecule has 5 heteroatoms. The standard InChI is InChI=1S/C17H22N4O/c1-12(2)8-18-16(22)15-10-20-17(21-11-15)19-9-14-6-4-13(3)5-7-14/h4-7,10-12H,8-9H2,1-3H3,(H,18,22)(H,19,20,21). The number of benzene rings is 1. The monoisotopic (exact) mass is 298 g/mol. The maximum Gasteiger partial charge on any atom is 0.254 e. The first-order chi connectivity index (χ1) is 10.5. The van der Waals surface area contributed by atoms with Crippen LogP contribution in [0.1, 0.15) is 35.3 Å². The van der Waals surface area contributed by atoms with Gasteiger partial charge in [0.1, 0.15) is 0 Å². The van der Waals surface area contributed by atoms with Gasteiger partial charge < -0.3 is 10.6 Å². The summed E-state index contributed by atoms with van der Waals surface area (Å²) in [5.74, 6) is 0.792. The molecular weight excluding hydrogens is 276 g/mol. The number of anilines is 1. The SMILES string of the molecule is Cc1ccc(CNc2ncc(C(=O)NCC(C)C)cn2)cc1. The minimum absolute atomic E-state index is 0.140. The highest BCUT2D eigenvalue weighted by Gasteiger charge is 2.07. The molecule has 0 atom stereocenters. The van der Waals surface area contributed by atoms with Crippen molar-refractivity contribution in [2.45, 2.75) is 27.3 Å². The number of nitrogens with zero attached hydrogens (tertiary/aromatic N) is 2. The number of aromatic nitrogens is 2. The third-order valence-electron chi connectivity index (χ3n) is 3.16. The Morgan fingerprint density at radius 3 is 2.36 bits per heavy atom.